The van der Waals surface area contributed by atoms with Gasteiger partial charge in [-0.2, -0.15) is 5.10 Å². The Morgan fingerprint density at radius 2 is 2.00 bits per heavy atom. The number of aryl methyl sites for hydroxylation is 2. The van der Waals surface area contributed by atoms with Crippen LogP contribution in [0.2, 0.25) is 0 Å². The van der Waals surface area contributed by atoms with Gasteiger partial charge in [-0.1, -0.05) is 13.8 Å². The zero-order valence-electron chi connectivity index (χ0n) is 14.4. The number of nitrogens with zero attached hydrogens (tertiary/aromatic N) is 2. The van der Waals surface area contributed by atoms with Crippen molar-refractivity contribution in [3.8, 4) is 0 Å². The summed E-state index contributed by atoms with van der Waals surface area (Å²) in [7, 11) is 1.89. The van der Waals surface area contributed by atoms with Crippen molar-refractivity contribution in [2.75, 3.05) is 0 Å². The number of amides is 1. The van der Waals surface area contributed by atoms with E-state index in [0.717, 1.165) is 17.0 Å². The number of nitrogens with one attached hydrogen (secondary N) is 1. The predicted molar refractivity (Wildman–Crippen MR) is 84.6 cm³/mol. The van der Waals surface area contributed by atoms with E-state index in [0.29, 0.717) is 12.8 Å². The van der Waals surface area contributed by atoms with Crippen molar-refractivity contribution in [1.82, 2.24) is 15.1 Å². The third-order valence-electron chi connectivity index (χ3n) is 4.36. The van der Waals surface area contributed by atoms with Crippen LogP contribution in [0.15, 0.2) is 0 Å². The second-order valence-corrected chi connectivity index (χ2v) is 6.35. The monoisotopic (exact) mass is 309 g/mol. The Morgan fingerprint density at radius 1 is 1.41 bits per heavy atom. The highest BCUT2D eigenvalue weighted by Crippen LogP contribution is 2.19. The maximum absolute atomic E-state index is 12.4. The summed E-state index contributed by atoms with van der Waals surface area (Å²) in [6.45, 7) is 9.43. The van der Waals surface area contributed by atoms with E-state index in [1.165, 1.54) is 0 Å². The van der Waals surface area contributed by atoms with Gasteiger partial charge < -0.3 is 10.4 Å². The van der Waals surface area contributed by atoms with E-state index in [2.05, 4.69) is 10.4 Å². The molecule has 2 atom stereocenters. The normalized spacial score (nSPS) is 15.2. The Morgan fingerprint density at radius 3 is 2.41 bits per heavy atom. The second kappa shape index (κ2) is 6.94. The van der Waals surface area contributed by atoms with Crippen LogP contribution in [-0.2, 0) is 23.1 Å². The molecule has 1 rings (SSSR count). The average molecular weight is 309 g/mol. The van der Waals surface area contributed by atoms with Gasteiger partial charge in [0.15, 0.2) is 0 Å². The van der Waals surface area contributed by atoms with Gasteiger partial charge in [0.05, 0.1) is 12.1 Å². The van der Waals surface area contributed by atoms with Crippen molar-refractivity contribution >= 4 is 11.9 Å². The molecule has 0 saturated carbocycles. The lowest BCUT2D eigenvalue weighted by molar-refractivity contribution is -0.139. The van der Waals surface area contributed by atoms with Gasteiger partial charge in [-0.3, -0.25) is 14.3 Å². The first-order valence-electron chi connectivity index (χ1n) is 7.62. The SMILES string of the molecule is CC[C@@](C)(CC(=O)O)NC(=O)[C@@H](C)Cc1c(C)nn(C)c1C. The number of hydrogen-bond donors (Lipinski definition) is 2. The highest BCUT2D eigenvalue weighted by molar-refractivity contribution is 5.80. The van der Waals surface area contributed by atoms with Crippen LogP contribution in [-0.4, -0.2) is 32.3 Å². The standard InChI is InChI=1S/C16H27N3O3/c1-7-16(5,9-14(20)21)17-15(22)10(2)8-13-11(3)18-19(6)12(13)4/h10H,7-9H2,1-6H3,(H,17,22)(H,20,21)/t10-,16-/m0/s1. The first-order chi connectivity index (χ1) is 10.1. The first-order valence-corrected chi connectivity index (χ1v) is 7.62. The molecule has 0 aromatic carbocycles. The van der Waals surface area contributed by atoms with Crippen molar-refractivity contribution < 1.29 is 14.7 Å². The third kappa shape index (κ3) is 4.32. The molecule has 0 aliphatic heterocycles. The van der Waals surface area contributed by atoms with Gasteiger partial charge in [0.25, 0.3) is 0 Å². The number of carboxylic acid groups (broad SMARTS) is 1. The van der Waals surface area contributed by atoms with Gasteiger partial charge in [0.1, 0.15) is 0 Å². The second-order valence-electron chi connectivity index (χ2n) is 6.35. The molecular weight excluding hydrogens is 282 g/mol. The van der Waals surface area contributed by atoms with Crippen LogP contribution in [0.25, 0.3) is 0 Å². The lowest BCUT2D eigenvalue weighted by atomic mass is 9.92. The Hall–Kier alpha value is -1.85. The van der Waals surface area contributed by atoms with Gasteiger partial charge in [0.2, 0.25) is 5.91 Å². The Labute approximate surface area is 131 Å². The molecule has 1 aromatic heterocycles. The van der Waals surface area contributed by atoms with Crippen LogP contribution < -0.4 is 5.32 Å². The smallest absolute Gasteiger partial charge is 0.305 e. The van der Waals surface area contributed by atoms with Crippen LogP contribution in [0, 0.1) is 19.8 Å². The van der Waals surface area contributed by atoms with Crippen LogP contribution in [0.3, 0.4) is 0 Å². The van der Waals surface area contributed by atoms with E-state index in [4.69, 9.17) is 5.11 Å². The molecule has 0 aliphatic carbocycles. The molecule has 0 unspecified atom stereocenters. The minimum absolute atomic E-state index is 0.0765. The molecule has 22 heavy (non-hydrogen) atoms. The van der Waals surface area contributed by atoms with E-state index in [1.54, 1.807) is 6.92 Å². The van der Waals surface area contributed by atoms with Crippen LogP contribution in [0.5, 0.6) is 0 Å². The van der Waals surface area contributed by atoms with Gasteiger partial charge in [-0.15, -0.1) is 0 Å². The number of carboxylic acids is 1. The molecule has 1 amide bonds. The summed E-state index contributed by atoms with van der Waals surface area (Å²) in [5.74, 6) is -1.26. The molecule has 2 N–H and O–H groups in total. The van der Waals surface area contributed by atoms with Crippen LogP contribution >= 0.6 is 0 Å². The van der Waals surface area contributed by atoms with Crippen molar-refractivity contribution in [3.63, 3.8) is 0 Å². The lowest BCUT2D eigenvalue weighted by Gasteiger charge is -2.29. The number of carbonyl (C=O) groups is 2. The number of aromatic nitrogens is 2. The van der Waals surface area contributed by atoms with E-state index < -0.39 is 11.5 Å². The topological polar surface area (TPSA) is 84.2 Å². The largest absolute Gasteiger partial charge is 0.481 e. The minimum Gasteiger partial charge on any atom is -0.481 e. The minimum atomic E-state index is -0.906. The van der Waals surface area contributed by atoms with Crippen molar-refractivity contribution in [2.45, 2.75) is 59.4 Å². The number of rotatable bonds is 7. The highest BCUT2D eigenvalue weighted by Gasteiger charge is 2.29. The summed E-state index contributed by atoms with van der Waals surface area (Å²) in [6, 6.07) is 0. The van der Waals surface area contributed by atoms with Gasteiger partial charge in [-0.05, 0) is 39.2 Å². The average Bonchev–Trinajstić information content (AvgIpc) is 2.64. The summed E-state index contributed by atoms with van der Waals surface area (Å²) >= 11 is 0. The Balaban J connectivity index is 2.78. The molecule has 124 valence electrons. The summed E-state index contributed by atoms with van der Waals surface area (Å²) in [5.41, 5.74) is 2.36. The molecule has 6 heteroatoms. The summed E-state index contributed by atoms with van der Waals surface area (Å²) in [6.07, 6.45) is 1.10. The quantitative estimate of drug-likeness (QED) is 0.806. The Bertz CT molecular complexity index is 565. The van der Waals surface area contributed by atoms with E-state index in [-0.39, 0.29) is 18.2 Å². The predicted octanol–water partition coefficient (Wildman–Crippen LogP) is 1.98. The van der Waals surface area contributed by atoms with Crippen LogP contribution in [0.1, 0.15) is 50.6 Å². The number of hydrogen-bond acceptors (Lipinski definition) is 3. The molecule has 0 fully saturated rings. The molecular formula is C16H27N3O3. The molecule has 0 bridgehead atoms. The number of carbonyl (C=O) groups excluding carboxylic acids is 1. The number of aliphatic carboxylic acids is 1. The fraction of sp³-hybridized carbons (Fsp3) is 0.688. The molecule has 0 spiro atoms. The highest BCUT2D eigenvalue weighted by atomic mass is 16.4. The maximum atomic E-state index is 12.4. The molecule has 0 radical (unpaired) electrons. The Kier molecular flexibility index (Phi) is 5.74. The third-order valence-corrected chi connectivity index (χ3v) is 4.36. The molecule has 0 aliphatic rings. The van der Waals surface area contributed by atoms with Gasteiger partial charge in [0, 0.05) is 24.2 Å². The van der Waals surface area contributed by atoms with E-state index in [9.17, 15) is 9.59 Å². The maximum Gasteiger partial charge on any atom is 0.305 e. The van der Waals surface area contributed by atoms with Crippen molar-refractivity contribution in [1.29, 1.82) is 0 Å². The van der Waals surface area contributed by atoms with Crippen molar-refractivity contribution in [2.24, 2.45) is 13.0 Å². The van der Waals surface area contributed by atoms with Crippen LogP contribution in [0.4, 0.5) is 0 Å². The molecule has 1 aromatic rings. The summed E-state index contributed by atoms with van der Waals surface area (Å²) in [4.78, 5) is 23.3. The fourth-order valence-electron chi connectivity index (χ4n) is 2.52. The fourth-order valence-corrected chi connectivity index (χ4v) is 2.52. The zero-order chi connectivity index (χ0) is 17.1. The summed E-state index contributed by atoms with van der Waals surface area (Å²) < 4.78 is 1.82. The molecule has 1 heterocycles. The molecule has 6 nitrogen and oxygen atoms in total. The van der Waals surface area contributed by atoms with E-state index in [1.807, 2.05) is 39.4 Å². The van der Waals surface area contributed by atoms with Gasteiger partial charge >= 0.3 is 5.97 Å². The molecule has 0 saturated heterocycles. The lowest BCUT2D eigenvalue weighted by Crippen LogP contribution is -2.49. The van der Waals surface area contributed by atoms with Crippen molar-refractivity contribution in [3.05, 3.63) is 17.0 Å². The first kappa shape index (κ1) is 18.2. The van der Waals surface area contributed by atoms with Gasteiger partial charge in [-0.25, -0.2) is 0 Å². The zero-order valence-corrected chi connectivity index (χ0v) is 14.4. The van der Waals surface area contributed by atoms with E-state index >= 15 is 0 Å². The summed E-state index contributed by atoms with van der Waals surface area (Å²) in [5, 5.41) is 16.2.